The standard InChI is InChI=1S/C15H20N2O2/c1-11(15(16)18)10-19-14-4-2-12(3-5-14)13-6-8-17-9-7-13/h2-6,11,17H,7-10H2,1H3,(H2,16,18). The second-order valence-electron chi connectivity index (χ2n) is 4.82. The molecule has 4 nitrogen and oxygen atoms in total. The van der Waals surface area contributed by atoms with Crippen LogP contribution in [0, 0.1) is 5.92 Å². The van der Waals surface area contributed by atoms with Gasteiger partial charge in [-0.2, -0.15) is 0 Å². The Labute approximate surface area is 113 Å². The predicted octanol–water partition coefficient (Wildman–Crippen LogP) is 1.56. The molecule has 1 atom stereocenters. The van der Waals surface area contributed by atoms with E-state index in [1.54, 1.807) is 6.92 Å². The molecule has 1 heterocycles. The quantitative estimate of drug-likeness (QED) is 0.844. The molecule has 0 fully saturated rings. The van der Waals surface area contributed by atoms with E-state index in [1.165, 1.54) is 11.1 Å². The van der Waals surface area contributed by atoms with E-state index in [9.17, 15) is 4.79 Å². The number of benzene rings is 1. The summed E-state index contributed by atoms with van der Waals surface area (Å²) in [5.74, 6) is 0.162. The fraction of sp³-hybridized carbons (Fsp3) is 0.400. The molecule has 19 heavy (non-hydrogen) atoms. The van der Waals surface area contributed by atoms with Crippen LogP contribution in [0.4, 0.5) is 0 Å². The van der Waals surface area contributed by atoms with Gasteiger partial charge in [-0.25, -0.2) is 0 Å². The van der Waals surface area contributed by atoms with Crippen LogP contribution in [0.15, 0.2) is 30.3 Å². The number of ether oxygens (including phenoxy) is 1. The number of nitrogens with one attached hydrogen (secondary N) is 1. The van der Waals surface area contributed by atoms with Gasteiger partial charge in [-0.05, 0) is 36.2 Å². The van der Waals surface area contributed by atoms with E-state index < -0.39 is 0 Å². The van der Waals surface area contributed by atoms with Crippen LogP contribution < -0.4 is 15.8 Å². The van der Waals surface area contributed by atoms with Gasteiger partial charge < -0.3 is 15.8 Å². The normalized spacial score (nSPS) is 16.6. The Morgan fingerprint density at radius 1 is 1.42 bits per heavy atom. The third-order valence-corrected chi connectivity index (χ3v) is 3.27. The highest BCUT2D eigenvalue weighted by atomic mass is 16.5. The molecule has 0 radical (unpaired) electrons. The van der Waals surface area contributed by atoms with Crippen molar-refractivity contribution in [3.63, 3.8) is 0 Å². The number of hydrogen-bond acceptors (Lipinski definition) is 3. The SMILES string of the molecule is CC(COc1ccc(C2=CCNCC2)cc1)C(N)=O. The zero-order chi connectivity index (χ0) is 13.7. The summed E-state index contributed by atoms with van der Waals surface area (Å²) in [6.07, 6.45) is 3.27. The molecule has 2 rings (SSSR count). The van der Waals surface area contributed by atoms with Crippen LogP contribution in [0.3, 0.4) is 0 Å². The Kier molecular flexibility index (Phi) is 4.58. The summed E-state index contributed by atoms with van der Waals surface area (Å²) >= 11 is 0. The van der Waals surface area contributed by atoms with E-state index in [0.29, 0.717) is 6.61 Å². The fourth-order valence-electron chi connectivity index (χ4n) is 1.95. The molecule has 102 valence electrons. The van der Waals surface area contributed by atoms with Gasteiger partial charge in [-0.3, -0.25) is 4.79 Å². The average Bonchev–Trinajstić information content (AvgIpc) is 2.46. The molecular formula is C15H20N2O2. The molecule has 0 aromatic heterocycles. The molecule has 0 bridgehead atoms. The Morgan fingerprint density at radius 2 is 2.16 bits per heavy atom. The summed E-state index contributed by atoms with van der Waals surface area (Å²) in [5, 5.41) is 3.29. The van der Waals surface area contributed by atoms with Crippen molar-refractivity contribution >= 4 is 11.5 Å². The molecule has 3 N–H and O–H groups in total. The van der Waals surface area contributed by atoms with Gasteiger partial charge in [0.2, 0.25) is 5.91 Å². The van der Waals surface area contributed by atoms with Crippen molar-refractivity contribution in [1.82, 2.24) is 5.32 Å². The molecule has 1 aromatic rings. The maximum atomic E-state index is 10.9. The number of primary amides is 1. The Morgan fingerprint density at radius 3 is 2.74 bits per heavy atom. The summed E-state index contributed by atoms with van der Waals surface area (Å²) in [5.41, 5.74) is 7.79. The van der Waals surface area contributed by atoms with Crippen molar-refractivity contribution in [3.05, 3.63) is 35.9 Å². The van der Waals surface area contributed by atoms with E-state index in [4.69, 9.17) is 10.5 Å². The first-order valence-electron chi connectivity index (χ1n) is 6.59. The van der Waals surface area contributed by atoms with Gasteiger partial charge in [0.05, 0.1) is 12.5 Å². The molecule has 1 amide bonds. The molecule has 4 heteroatoms. The highest BCUT2D eigenvalue weighted by molar-refractivity contribution is 5.76. The molecule has 0 saturated heterocycles. The van der Waals surface area contributed by atoms with Gasteiger partial charge in [-0.1, -0.05) is 25.1 Å². The minimum Gasteiger partial charge on any atom is -0.493 e. The lowest BCUT2D eigenvalue weighted by molar-refractivity contribution is -0.122. The smallest absolute Gasteiger partial charge is 0.223 e. The third kappa shape index (κ3) is 3.83. The van der Waals surface area contributed by atoms with Gasteiger partial charge in [0.25, 0.3) is 0 Å². The van der Waals surface area contributed by atoms with Crippen LogP contribution in [0.5, 0.6) is 5.75 Å². The van der Waals surface area contributed by atoms with Crippen molar-refractivity contribution in [2.75, 3.05) is 19.7 Å². The van der Waals surface area contributed by atoms with E-state index in [1.807, 2.05) is 12.1 Å². The first-order valence-corrected chi connectivity index (χ1v) is 6.59. The van der Waals surface area contributed by atoms with Gasteiger partial charge in [0, 0.05) is 6.54 Å². The maximum Gasteiger partial charge on any atom is 0.223 e. The second kappa shape index (κ2) is 6.38. The second-order valence-corrected chi connectivity index (χ2v) is 4.82. The highest BCUT2D eigenvalue weighted by Crippen LogP contribution is 2.22. The maximum absolute atomic E-state index is 10.9. The van der Waals surface area contributed by atoms with Crippen LogP contribution in [0.1, 0.15) is 18.9 Å². The van der Waals surface area contributed by atoms with E-state index in [2.05, 4.69) is 23.5 Å². The number of hydrogen-bond donors (Lipinski definition) is 2. The lowest BCUT2D eigenvalue weighted by Crippen LogP contribution is -2.25. The van der Waals surface area contributed by atoms with Crippen molar-refractivity contribution < 1.29 is 9.53 Å². The van der Waals surface area contributed by atoms with Crippen LogP contribution in [-0.4, -0.2) is 25.6 Å². The minimum atomic E-state index is -0.337. The van der Waals surface area contributed by atoms with Crippen molar-refractivity contribution in [2.45, 2.75) is 13.3 Å². The summed E-state index contributed by atoms with van der Waals surface area (Å²) in [6.45, 7) is 4.04. The summed E-state index contributed by atoms with van der Waals surface area (Å²) in [7, 11) is 0. The average molecular weight is 260 g/mol. The first-order chi connectivity index (χ1) is 9.16. The Bertz CT molecular complexity index is 466. The number of carbonyl (C=O) groups is 1. The summed E-state index contributed by atoms with van der Waals surface area (Å²) in [4.78, 5) is 10.9. The number of amides is 1. The van der Waals surface area contributed by atoms with Crippen molar-refractivity contribution in [3.8, 4) is 5.75 Å². The van der Waals surface area contributed by atoms with Gasteiger partial charge >= 0.3 is 0 Å². The van der Waals surface area contributed by atoms with Crippen LogP contribution in [-0.2, 0) is 4.79 Å². The van der Waals surface area contributed by atoms with E-state index >= 15 is 0 Å². The molecule has 1 aromatic carbocycles. The molecule has 1 aliphatic rings. The minimum absolute atomic E-state index is 0.271. The molecular weight excluding hydrogens is 240 g/mol. The molecule has 0 spiro atoms. The molecule has 1 aliphatic heterocycles. The zero-order valence-electron chi connectivity index (χ0n) is 11.2. The number of nitrogens with two attached hydrogens (primary N) is 1. The predicted molar refractivity (Wildman–Crippen MR) is 75.8 cm³/mol. The van der Waals surface area contributed by atoms with E-state index in [0.717, 1.165) is 25.3 Å². The van der Waals surface area contributed by atoms with Crippen LogP contribution >= 0.6 is 0 Å². The summed E-state index contributed by atoms with van der Waals surface area (Å²) in [6, 6.07) is 7.99. The van der Waals surface area contributed by atoms with Gasteiger partial charge in [0.15, 0.2) is 0 Å². The molecule has 1 unspecified atom stereocenters. The first kappa shape index (κ1) is 13.6. The van der Waals surface area contributed by atoms with Gasteiger partial charge in [0.1, 0.15) is 5.75 Å². The largest absolute Gasteiger partial charge is 0.493 e. The zero-order valence-corrected chi connectivity index (χ0v) is 11.2. The highest BCUT2D eigenvalue weighted by Gasteiger charge is 2.10. The van der Waals surface area contributed by atoms with Crippen molar-refractivity contribution in [1.29, 1.82) is 0 Å². The molecule has 0 aliphatic carbocycles. The van der Waals surface area contributed by atoms with Gasteiger partial charge in [-0.15, -0.1) is 0 Å². The van der Waals surface area contributed by atoms with Crippen LogP contribution in [0.2, 0.25) is 0 Å². The Hall–Kier alpha value is -1.81. The Balaban J connectivity index is 1.94. The number of rotatable bonds is 5. The summed E-state index contributed by atoms with van der Waals surface area (Å²) < 4.78 is 5.54. The van der Waals surface area contributed by atoms with Crippen LogP contribution in [0.25, 0.3) is 5.57 Å². The topological polar surface area (TPSA) is 64.3 Å². The van der Waals surface area contributed by atoms with Crippen molar-refractivity contribution in [2.24, 2.45) is 11.7 Å². The fourth-order valence-corrected chi connectivity index (χ4v) is 1.95. The molecule has 0 saturated carbocycles. The lowest BCUT2D eigenvalue weighted by Gasteiger charge is -2.15. The monoisotopic (exact) mass is 260 g/mol. The lowest BCUT2D eigenvalue weighted by atomic mass is 10.0. The number of carbonyl (C=O) groups excluding carboxylic acids is 1. The third-order valence-electron chi connectivity index (χ3n) is 3.27. The van der Waals surface area contributed by atoms with E-state index in [-0.39, 0.29) is 11.8 Å².